The normalized spacial score (nSPS) is 14.1. The molecule has 0 saturated carbocycles. The lowest BCUT2D eigenvalue weighted by Crippen LogP contribution is -2.48. The maximum absolute atomic E-state index is 10.6. The van der Waals surface area contributed by atoms with Gasteiger partial charge in [-0.25, -0.2) is 10.9 Å². The van der Waals surface area contributed by atoms with Gasteiger partial charge in [-0.2, -0.15) is 0 Å². The van der Waals surface area contributed by atoms with Gasteiger partial charge in [0.2, 0.25) is 23.7 Å². The van der Waals surface area contributed by atoms with Crippen LogP contribution < -0.4 is 21.5 Å². The van der Waals surface area contributed by atoms with E-state index < -0.39 is 0 Å². The summed E-state index contributed by atoms with van der Waals surface area (Å²) >= 11 is 0. The third-order valence-electron chi connectivity index (χ3n) is 1.14. The van der Waals surface area contributed by atoms with Crippen molar-refractivity contribution in [2.45, 2.75) is 13.8 Å². The standard InChI is InChI=1S/C6H10N6O2/c1-3(13)7-5-9-11-6(12-10-5)8-4(2)14/h1-2H3,(H2,7,9,10,13)(H2,8,11,12,14). The lowest BCUT2D eigenvalue weighted by molar-refractivity contribution is -0.118. The van der Waals surface area contributed by atoms with Crippen LogP contribution in [-0.4, -0.2) is 23.7 Å². The van der Waals surface area contributed by atoms with Crippen LogP contribution in [0.2, 0.25) is 0 Å². The Morgan fingerprint density at radius 1 is 1.00 bits per heavy atom. The molecule has 0 aliphatic carbocycles. The maximum Gasteiger partial charge on any atom is 0.241 e. The van der Waals surface area contributed by atoms with E-state index in [-0.39, 0.29) is 23.7 Å². The summed E-state index contributed by atoms with van der Waals surface area (Å²) < 4.78 is 0. The fraction of sp³-hybridized carbons (Fsp3) is 0.333. The van der Waals surface area contributed by atoms with Crippen molar-refractivity contribution in [3.8, 4) is 0 Å². The summed E-state index contributed by atoms with van der Waals surface area (Å²) in [5, 5.41) is 12.1. The van der Waals surface area contributed by atoms with Crippen molar-refractivity contribution in [2.24, 2.45) is 10.2 Å². The molecule has 4 N–H and O–H groups in total. The molecule has 0 spiro atoms. The number of hydrazone groups is 2. The van der Waals surface area contributed by atoms with Crippen molar-refractivity contribution in [3.63, 3.8) is 0 Å². The molecule has 0 fully saturated rings. The van der Waals surface area contributed by atoms with Crippen molar-refractivity contribution >= 4 is 23.7 Å². The highest BCUT2D eigenvalue weighted by atomic mass is 16.2. The summed E-state index contributed by atoms with van der Waals surface area (Å²) in [6.07, 6.45) is 0. The molecule has 8 heteroatoms. The SMILES string of the molecule is CC(=O)NC1=NNC(NC(C)=O)=NN1. The second kappa shape index (κ2) is 4.21. The van der Waals surface area contributed by atoms with Crippen LogP contribution in [0.25, 0.3) is 0 Å². The zero-order valence-corrected chi connectivity index (χ0v) is 7.71. The van der Waals surface area contributed by atoms with Crippen molar-refractivity contribution in [1.82, 2.24) is 21.5 Å². The Kier molecular flexibility index (Phi) is 3.00. The van der Waals surface area contributed by atoms with Crippen LogP contribution in [0.3, 0.4) is 0 Å². The number of guanidine groups is 2. The lowest BCUT2D eigenvalue weighted by Gasteiger charge is -2.13. The van der Waals surface area contributed by atoms with Gasteiger partial charge < -0.3 is 0 Å². The van der Waals surface area contributed by atoms with E-state index in [0.717, 1.165) is 0 Å². The van der Waals surface area contributed by atoms with Crippen LogP contribution in [0.1, 0.15) is 13.8 Å². The molecule has 76 valence electrons. The van der Waals surface area contributed by atoms with E-state index in [4.69, 9.17) is 0 Å². The summed E-state index contributed by atoms with van der Waals surface area (Å²) in [5.41, 5.74) is 4.87. The molecule has 0 bridgehead atoms. The van der Waals surface area contributed by atoms with Gasteiger partial charge in [0.25, 0.3) is 0 Å². The molecule has 0 atom stereocenters. The van der Waals surface area contributed by atoms with Crippen molar-refractivity contribution in [1.29, 1.82) is 0 Å². The second-order valence-corrected chi connectivity index (χ2v) is 2.51. The molecule has 0 radical (unpaired) electrons. The third kappa shape index (κ3) is 3.09. The molecule has 0 aromatic carbocycles. The first-order valence-corrected chi connectivity index (χ1v) is 3.80. The van der Waals surface area contributed by atoms with Gasteiger partial charge in [-0.1, -0.05) is 0 Å². The molecule has 1 heterocycles. The van der Waals surface area contributed by atoms with Crippen LogP contribution in [0.4, 0.5) is 0 Å². The molecule has 0 saturated heterocycles. The van der Waals surface area contributed by atoms with Gasteiger partial charge in [0.15, 0.2) is 0 Å². The quantitative estimate of drug-likeness (QED) is 0.361. The van der Waals surface area contributed by atoms with Gasteiger partial charge in [0.05, 0.1) is 0 Å². The maximum atomic E-state index is 10.6. The average Bonchev–Trinajstić information content (AvgIpc) is 2.06. The molecule has 0 unspecified atom stereocenters. The van der Waals surface area contributed by atoms with Crippen LogP contribution in [0.15, 0.2) is 10.2 Å². The summed E-state index contributed by atoms with van der Waals surface area (Å²) in [4.78, 5) is 21.2. The molecule has 14 heavy (non-hydrogen) atoms. The predicted octanol–water partition coefficient (Wildman–Crippen LogP) is -2.01. The van der Waals surface area contributed by atoms with E-state index in [0.29, 0.717) is 0 Å². The number of hydrogen-bond donors (Lipinski definition) is 4. The van der Waals surface area contributed by atoms with Gasteiger partial charge in [-0.3, -0.25) is 20.2 Å². The van der Waals surface area contributed by atoms with E-state index in [1.165, 1.54) is 13.8 Å². The predicted molar refractivity (Wildman–Crippen MR) is 48.8 cm³/mol. The monoisotopic (exact) mass is 198 g/mol. The van der Waals surface area contributed by atoms with Crippen LogP contribution in [-0.2, 0) is 9.59 Å². The minimum atomic E-state index is -0.267. The van der Waals surface area contributed by atoms with Crippen molar-refractivity contribution in [3.05, 3.63) is 0 Å². The molecule has 0 aromatic heterocycles. The summed E-state index contributed by atoms with van der Waals surface area (Å²) in [7, 11) is 0. The van der Waals surface area contributed by atoms with Gasteiger partial charge >= 0.3 is 0 Å². The molecule has 1 aliphatic rings. The first-order chi connectivity index (χ1) is 6.58. The average molecular weight is 198 g/mol. The minimum Gasteiger partial charge on any atom is -0.294 e. The zero-order valence-electron chi connectivity index (χ0n) is 7.71. The number of amides is 2. The Bertz CT molecular complexity index is 288. The highest BCUT2D eigenvalue weighted by Gasteiger charge is 2.08. The van der Waals surface area contributed by atoms with E-state index in [9.17, 15) is 9.59 Å². The van der Waals surface area contributed by atoms with E-state index in [1.54, 1.807) is 0 Å². The van der Waals surface area contributed by atoms with Crippen LogP contribution >= 0.6 is 0 Å². The van der Waals surface area contributed by atoms with Gasteiger partial charge in [-0.15, -0.1) is 10.2 Å². The van der Waals surface area contributed by atoms with Crippen LogP contribution in [0.5, 0.6) is 0 Å². The first-order valence-electron chi connectivity index (χ1n) is 3.80. The number of hydrogen-bond acceptors (Lipinski definition) is 6. The van der Waals surface area contributed by atoms with E-state index in [2.05, 4.69) is 31.7 Å². The number of carbonyl (C=O) groups excluding carboxylic acids is 2. The molecular formula is C6H10N6O2. The molecule has 2 amide bonds. The lowest BCUT2D eigenvalue weighted by atomic mass is 10.7. The van der Waals surface area contributed by atoms with E-state index in [1.807, 2.05) is 0 Å². The minimum absolute atomic E-state index is 0.173. The molecule has 1 rings (SSSR count). The Hall–Kier alpha value is -2.12. The third-order valence-corrected chi connectivity index (χ3v) is 1.14. The summed E-state index contributed by atoms with van der Waals surface area (Å²) in [6.45, 7) is 2.69. The Morgan fingerprint density at radius 2 is 1.36 bits per heavy atom. The first kappa shape index (κ1) is 9.96. The largest absolute Gasteiger partial charge is 0.294 e. The van der Waals surface area contributed by atoms with Crippen molar-refractivity contribution in [2.75, 3.05) is 0 Å². The van der Waals surface area contributed by atoms with Gasteiger partial charge in [0.1, 0.15) is 0 Å². The highest BCUT2D eigenvalue weighted by molar-refractivity contribution is 6.01. The topological polar surface area (TPSA) is 107 Å². The summed E-state index contributed by atoms with van der Waals surface area (Å²) in [6, 6.07) is 0. The second-order valence-electron chi connectivity index (χ2n) is 2.51. The Labute approximate surface area is 79.8 Å². The fourth-order valence-electron chi connectivity index (χ4n) is 0.713. The number of nitrogens with one attached hydrogen (secondary N) is 4. The van der Waals surface area contributed by atoms with Crippen molar-refractivity contribution < 1.29 is 9.59 Å². The molecular weight excluding hydrogens is 188 g/mol. The molecule has 0 aromatic rings. The molecule has 8 nitrogen and oxygen atoms in total. The van der Waals surface area contributed by atoms with Gasteiger partial charge in [-0.05, 0) is 0 Å². The molecule has 1 aliphatic heterocycles. The van der Waals surface area contributed by atoms with Crippen LogP contribution in [0, 0.1) is 0 Å². The van der Waals surface area contributed by atoms with E-state index >= 15 is 0 Å². The Morgan fingerprint density at radius 3 is 1.57 bits per heavy atom. The summed E-state index contributed by atoms with van der Waals surface area (Å²) in [5.74, 6) is -0.189. The smallest absolute Gasteiger partial charge is 0.241 e. The number of rotatable bonds is 0. The number of carbonyl (C=O) groups is 2. The highest BCUT2D eigenvalue weighted by Crippen LogP contribution is 1.78. The number of nitrogens with zero attached hydrogens (tertiary/aromatic N) is 2. The zero-order chi connectivity index (χ0) is 10.6. The Balaban J connectivity index is 2.44. The van der Waals surface area contributed by atoms with Gasteiger partial charge in [0, 0.05) is 13.8 Å². The fourth-order valence-corrected chi connectivity index (χ4v) is 0.713.